The average Bonchev–Trinajstić information content (AvgIpc) is 3.17. The quantitative estimate of drug-likeness (QED) is 0.860. The summed E-state index contributed by atoms with van der Waals surface area (Å²) in [4.78, 5) is 26.5. The lowest BCUT2D eigenvalue weighted by Gasteiger charge is -2.34. The Bertz CT molecular complexity index is 420. The third kappa shape index (κ3) is 3.62. The van der Waals surface area contributed by atoms with Gasteiger partial charge in [0.15, 0.2) is 0 Å². The number of nitrogens with zero attached hydrogens (tertiary/aromatic N) is 1. The van der Waals surface area contributed by atoms with Crippen molar-refractivity contribution in [2.45, 2.75) is 64.0 Å². The zero-order valence-corrected chi connectivity index (χ0v) is 13.6. The van der Waals surface area contributed by atoms with Crippen LogP contribution in [0.15, 0.2) is 0 Å². The van der Waals surface area contributed by atoms with Crippen molar-refractivity contribution in [1.82, 2.24) is 10.2 Å². The van der Waals surface area contributed by atoms with Gasteiger partial charge in [-0.25, -0.2) is 0 Å². The van der Waals surface area contributed by atoms with Gasteiger partial charge in [0.25, 0.3) is 0 Å². The molecule has 0 aromatic heterocycles. The molecule has 3 aliphatic rings. The molecule has 2 saturated heterocycles. The molecule has 0 bridgehead atoms. The molecule has 3 rings (SSSR count). The van der Waals surface area contributed by atoms with Crippen LogP contribution in [0.4, 0.5) is 0 Å². The Hall–Kier alpha value is -1.10. The van der Waals surface area contributed by atoms with E-state index >= 15 is 0 Å². The van der Waals surface area contributed by atoms with Crippen molar-refractivity contribution in [1.29, 1.82) is 0 Å². The second-order valence-corrected chi connectivity index (χ2v) is 7.18. The lowest BCUT2D eigenvalue weighted by molar-refractivity contribution is -0.135. The van der Waals surface area contributed by atoms with Crippen molar-refractivity contribution in [2.75, 3.05) is 19.7 Å². The lowest BCUT2D eigenvalue weighted by atomic mass is 9.94. The number of fused-ring (bicyclic) bond motifs is 1. The molecule has 1 N–H and O–H groups in total. The van der Waals surface area contributed by atoms with Gasteiger partial charge < -0.3 is 15.0 Å². The van der Waals surface area contributed by atoms with Crippen LogP contribution in [0.25, 0.3) is 0 Å². The largest absolute Gasteiger partial charge is 0.378 e. The summed E-state index contributed by atoms with van der Waals surface area (Å²) >= 11 is 0. The summed E-state index contributed by atoms with van der Waals surface area (Å²) in [5, 5.41) is 3.03. The van der Waals surface area contributed by atoms with E-state index in [1.54, 1.807) is 0 Å². The molecule has 5 nitrogen and oxygen atoms in total. The molecule has 0 radical (unpaired) electrons. The number of nitrogens with one attached hydrogen (secondary N) is 1. The van der Waals surface area contributed by atoms with Gasteiger partial charge in [-0.2, -0.15) is 0 Å². The van der Waals surface area contributed by atoms with E-state index in [9.17, 15) is 9.59 Å². The van der Waals surface area contributed by atoms with E-state index in [2.05, 4.69) is 5.32 Å². The molecular formula is C17H28N2O3. The summed E-state index contributed by atoms with van der Waals surface area (Å²) in [6.07, 6.45) is 7.12. The number of hydrogen-bond donors (Lipinski definition) is 1. The SMILES string of the molecule is C[C@H](CC(=O)N1CC[C@H]2OCC[C@H]2C1)NC(=O)C1CCCC1. The summed E-state index contributed by atoms with van der Waals surface area (Å²) in [5.74, 6) is 0.996. The van der Waals surface area contributed by atoms with E-state index in [1.165, 1.54) is 0 Å². The van der Waals surface area contributed by atoms with E-state index in [1.807, 2.05) is 11.8 Å². The molecule has 2 aliphatic heterocycles. The molecule has 22 heavy (non-hydrogen) atoms. The van der Waals surface area contributed by atoms with E-state index < -0.39 is 0 Å². The molecule has 1 aliphatic carbocycles. The highest BCUT2D eigenvalue weighted by atomic mass is 16.5. The number of piperidine rings is 1. The number of carbonyl (C=O) groups is 2. The maximum absolute atomic E-state index is 12.4. The molecule has 0 spiro atoms. The molecule has 3 atom stereocenters. The van der Waals surface area contributed by atoms with Crippen LogP contribution in [-0.2, 0) is 14.3 Å². The number of hydrogen-bond acceptors (Lipinski definition) is 3. The fraction of sp³-hybridized carbons (Fsp3) is 0.882. The molecule has 0 unspecified atom stereocenters. The molecule has 0 aromatic carbocycles. The highest BCUT2D eigenvalue weighted by Crippen LogP contribution is 2.29. The van der Waals surface area contributed by atoms with E-state index in [0.29, 0.717) is 18.4 Å². The third-order valence-corrected chi connectivity index (χ3v) is 5.43. The Labute approximate surface area is 132 Å². The first-order chi connectivity index (χ1) is 10.6. The Morgan fingerprint density at radius 3 is 2.77 bits per heavy atom. The van der Waals surface area contributed by atoms with E-state index in [4.69, 9.17) is 4.74 Å². The first-order valence-electron chi connectivity index (χ1n) is 8.83. The van der Waals surface area contributed by atoms with Gasteiger partial charge in [0.1, 0.15) is 0 Å². The van der Waals surface area contributed by atoms with Crippen molar-refractivity contribution in [3.63, 3.8) is 0 Å². The number of likely N-dealkylation sites (tertiary alicyclic amines) is 1. The first-order valence-corrected chi connectivity index (χ1v) is 8.83. The van der Waals surface area contributed by atoms with Crippen molar-refractivity contribution >= 4 is 11.8 Å². The van der Waals surface area contributed by atoms with Crippen molar-refractivity contribution in [2.24, 2.45) is 11.8 Å². The van der Waals surface area contributed by atoms with Gasteiger partial charge in [0, 0.05) is 44.0 Å². The smallest absolute Gasteiger partial charge is 0.224 e. The predicted octanol–water partition coefficient (Wildman–Crippen LogP) is 1.71. The minimum absolute atomic E-state index is 0.0712. The van der Waals surface area contributed by atoms with Crippen molar-refractivity contribution in [3.8, 4) is 0 Å². The molecule has 3 fully saturated rings. The van der Waals surface area contributed by atoms with E-state index in [-0.39, 0.29) is 23.8 Å². The van der Waals surface area contributed by atoms with Crippen LogP contribution < -0.4 is 5.32 Å². The van der Waals surface area contributed by atoms with Crippen LogP contribution in [0, 0.1) is 11.8 Å². The number of ether oxygens (including phenoxy) is 1. The molecule has 5 heteroatoms. The molecule has 0 aromatic rings. The van der Waals surface area contributed by atoms with Crippen LogP contribution in [-0.4, -0.2) is 48.6 Å². The van der Waals surface area contributed by atoms with Crippen molar-refractivity contribution in [3.05, 3.63) is 0 Å². The normalized spacial score (nSPS) is 30.1. The summed E-state index contributed by atoms with van der Waals surface area (Å²) < 4.78 is 5.68. The topological polar surface area (TPSA) is 58.6 Å². The average molecular weight is 308 g/mol. The minimum Gasteiger partial charge on any atom is -0.378 e. The fourth-order valence-electron chi connectivity index (χ4n) is 4.10. The van der Waals surface area contributed by atoms with Crippen LogP contribution in [0.1, 0.15) is 51.9 Å². The molecular weight excluding hydrogens is 280 g/mol. The second kappa shape index (κ2) is 6.99. The highest BCUT2D eigenvalue weighted by Gasteiger charge is 2.35. The zero-order valence-electron chi connectivity index (χ0n) is 13.6. The van der Waals surface area contributed by atoms with Crippen LogP contribution in [0.3, 0.4) is 0 Å². The third-order valence-electron chi connectivity index (χ3n) is 5.43. The maximum atomic E-state index is 12.4. The Balaban J connectivity index is 1.43. The number of rotatable bonds is 4. The van der Waals surface area contributed by atoms with Crippen LogP contribution in [0.2, 0.25) is 0 Å². The van der Waals surface area contributed by atoms with Gasteiger partial charge in [-0.05, 0) is 32.6 Å². The monoisotopic (exact) mass is 308 g/mol. The zero-order chi connectivity index (χ0) is 15.5. The minimum atomic E-state index is -0.0712. The van der Waals surface area contributed by atoms with Gasteiger partial charge in [-0.1, -0.05) is 12.8 Å². The molecule has 2 heterocycles. The van der Waals surface area contributed by atoms with Gasteiger partial charge in [-0.3, -0.25) is 9.59 Å². The maximum Gasteiger partial charge on any atom is 0.224 e. The molecule has 124 valence electrons. The Kier molecular flexibility index (Phi) is 5.01. The Morgan fingerprint density at radius 1 is 1.23 bits per heavy atom. The highest BCUT2D eigenvalue weighted by molar-refractivity contribution is 5.81. The van der Waals surface area contributed by atoms with E-state index in [0.717, 1.165) is 58.2 Å². The second-order valence-electron chi connectivity index (χ2n) is 7.18. The number of carbonyl (C=O) groups excluding carboxylic acids is 2. The summed E-state index contributed by atoms with van der Waals surface area (Å²) in [6.45, 7) is 4.40. The van der Waals surface area contributed by atoms with Crippen LogP contribution in [0.5, 0.6) is 0 Å². The van der Waals surface area contributed by atoms with Gasteiger partial charge in [-0.15, -0.1) is 0 Å². The Morgan fingerprint density at radius 2 is 2.00 bits per heavy atom. The summed E-state index contributed by atoms with van der Waals surface area (Å²) in [5.41, 5.74) is 0. The lowest BCUT2D eigenvalue weighted by Crippen LogP contribution is -2.47. The molecule has 1 saturated carbocycles. The standard InChI is InChI=1S/C17H28N2O3/c1-12(18-17(21)13-4-2-3-5-13)10-16(20)19-8-6-15-14(11-19)7-9-22-15/h12-15H,2-11H2,1H3,(H,18,21)/t12-,14+,15-/m1/s1. The first kappa shape index (κ1) is 15.8. The van der Waals surface area contributed by atoms with Gasteiger partial charge >= 0.3 is 0 Å². The summed E-state index contributed by atoms with van der Waals surface area (Å²) in [7, 11) is 0. The van der Waals surface area contributed by atoms with Gasteiger partial charge in [0.2, 0.25) is 11.8 Å². The van der Waals surface area contributed by atoms with Gasteiger partial charge in [0.05, 0.1) is 6.10 Å². The predicted molar refractivity (Wildman–Crippen MR) is 83.2 cm³/mol. The molecule has 2 amide bonds. The summed E-state index contributed by atoms with van der Waals surface area (Å²) in [6, 6.07) is -0.0712. The fourth-order valence-corrected chi connectivity index (χ4v) is 4.10. The number of amides is 2. The van der Waals surface area contributed by atoms with Crippen molar-refractivity contribution < 1.29 is 14.3 Å². The van der Waals surface area contributed by atoms with Crippen LogP contribution >= 0.6 is 0 Å².